The third-order valence-corrected chi connectivity index (χ3v) is 6.53. The number of aromatic hydroxyl groups is 1. The van der Waals surface area contributed by atoms with E-state index in [0.717, 1.165) is 61.9 Å². The van der Waals surface area contributed by atoms with E-state index < -0.39 is 0 Å². The number of hydrogen-bond donors (Lipinski definition) is 1. The van der Waals surface area contributed by atoms with Gasteiger partial charge in [0.25, 0.3) is 0 Å². The second-order valence-corrected chi connectivity index (χ2v) is 8.64. The second kappa shape index (κ2) is 8.75. The molecule has 4 nitrogen and oxygen atoms in total. The Kier molecular flexibility index (Phi) is 5.27. The fourth-order valence-electron chi connectivity index (χ4n) is 4.89. The number of aldehydes is 1. The molecule has 0 saturated heterocycles. The summed E-state index contributed by atoms with van der Waals surface area (Å²) in [6.07, 6.45) is 0.836. The zero-order chi connectivity index (χ0) is 24.6. The number of benzene rings is 4. The highest BCUT2D eigenvalue weighted by Gasteiger charge is 2.28. The number of methoxy groups -OCH3 is 1. The minimum Gasteiger partial charge on any atom is -0.507 e. The van der Waals surface area contributed by atoms with Crippen LogP contribution in [-0.2, 0) is 0 Å². The van der Waals surface area contributed by atoms with Crippen LogP contribution >= 0.6 is 0 Å². The quantitative estimate of drug-likeness (QED) is 0.259. The van der Waals surface area contributed by atoms with Gasteiger partial charge >= 0.3 is 0 Å². The highest BCUT2D eigenvalue weighted by molar-refractivity contribution is 6.13. The molecule has 0 amide bonds. The average Bonchev–Trinajstić information content (AvgIpc) is 3.34. The van der Waals surface area contributed by atoms with Crippen molar-refractivity contribution < 1.29 is 19.1 Å². The highest BCUT2D eigenvalue weighted by atomic mass is 16.5. The van der Waals surface area contributed by atoms with E-state index in [4.69, 9.17) is 9.15 Å². The van der Waals surface area contributed by atoms with Crippen LogP contribution in [0.15, 0.2) is 108 Å². The molecule has 0 unspecified atom stereocenters. The number of phenols is 1. The van der Waals surface area contributed by atoms with Crippen molar-refractivity contribution in [3.63, 3.8) is 0 Å². The lowest BCUT2D eigenvalue weighted by Gasteiger charge is -2.16. The van der Waals surface area contributed by atoms with Crippen LogP contribution in [0.5, 0.6) is 11.5 Å². The molecule has 4 aromatic carbocycles. The molecule has 0 radical (unpaired) electrons. The molecule has 0 spiro atoms. The van der Waals surface area contributed by atoms with E-state index in [2.05, 4.69) is 6.07 Å². The van der Waals surface area contributed by atoms with Gasteiger partial charge in [0.15, 0.2) is 0 Å². The Morgan fingerprint density at radius 3 is 2.33 bits per heavy atom. The fourth-order valence-corrected chi connectivity index (χ4v) is 4.89. The van der Waals surface area contributed by atoms with Crippen LogP contribution in [0.1, 0.15) is 10.4 Å². The summed E-state index contributed by atoms with van der Waals surface area (Å²) in [5.41, 5.74) is 7.51. The number of carbonyl (C=O) groups excluding carboxylic acids is 1. The van der Waals surface area contributed by atoms with Gasteiger partial charge in [0, 0.05) is 33.2 Å². The minimum absolute atomic E-state index is 0.205. The number of ether oxygens (including phenoxy) is 1. The van der Waals surface area contributed by atoms with Gasteiger partial charge < -0.3 is 14.3 Å². The highest BCUT2D eigenvalue weighted by Crippen LogP contribution is 2.53. The maximum Gasteiger partial charge on any atom is 0.150 e. The van der Waals surface area contributed by atoms with Gasteiger partial charge in [-0.2, -0.15) is 0 Å². The van der Waals surface area contributed by atoms with Crippen molar-refractivity contribution in [2.45, 2.75) is 0 Å². The largest absolute Gasteiger partial charge is 0.507 e. The van der Waals surface area contributed by atoms with Gasteiger partial charge in [0.2, 0.25) is 0 Å². The van der Waals surface area contributed by atoms with Gasteiger partial charge in [-0.1, -0.05) is 66.7 Å². The predicted octanol–water partition coefficient (Wildman–Crippen LogP) is 8.07. The van der Waals surface area contributed by atoms with Crippen LogP contribution < -0.4 is 4.74 Å². The first-order chi connectivity index (χ1) is 17.7. The third-order valence-electron chi connectivity index (χ3n) is 6.53. The monoisotopic (exact) mass is 470 g/mol. The maximum absolute atomic E-state index is 11.6. The Bertz CT molecular complexity index is 1710. The third kappa shape index (κ3) is 3.51. The molecule has 0 bridgehead atoms. The number of fused-ring (bicyclic) bond motifs is 3. The lowest BCUT2D eigenvalue weighted by atomic mass is 9.92. The summed E-state index contributed by atoms with van der Waals surface area (Å²) < 4.78 is 12.1. The van der Waals surface area contributed by atoms with Crippen molar-refractivity contribution in [1.29, 1.82) is 0 Å². The Labute approximate surface area is 208 Å². The van der Waals surface area contributed by atoms with Crippen LogP contribution in [0.3, 0.4) is 0 Å². The molecule has 4 heteroatoms. The first-order valence-electron chi connectivity index (χ1n) is 11.6. The zero-order valence-corrected chi connectivity index (χ0v) is 19.6. The molecule has 174 valence electrons. The van der Waals surface area contributed by atoms with Crippen LogP contribution in [0.25, 0.3) is 55.7 Å². The summed E-state index contributed by atoms with van der Waals surface area (Å²) >= 11 is 0. The molecule has 2 aliphatic rings. The summed E-state index contributed by atoms with van der Waals surface area (Å²) in [5, 5.41) is 11.8. The lowest BCUT2D eigenvalue weighted by molar-refractivity contribution is 0.112. The number of hydrogen-bond acceptors (Lipinski definition) is 4. The van der Waals surface area contributed by atoms with E-state index in [1.807, 2.05) is 84.9 Å². The molecule has 1 aliphatic carbocycles. The van der Waals surface area contributed by atoms with Gasteiger partial charge in [-0.15, -0.1) is 0 Å². The van der Waals surface area contributed by atoms with E-state index in [0.29, 0.717) is 11.3 Å². The van der Waals surface area contributed by atoms with E-state index >= 15 is 0 Å². The van der Waals surface area contributed by atoms with Gasteiger partial charge in [-0.05, 0) is 53.1 Å². The minimum atomic E-state index is 0.205. The molecule has 0 saturated carbocycles. The van der Waals surface area contributed by atoms with E-state index in [1.165, 1.54) is 0 Å². The standard InChI is InChI=1S/C32H22O4/c1-35-23-11-7-9-21(17-23)26-18-27(24-12-2-4-14-28(24)34)30-25-13-3-5-15-29(25)36-32(31(26)30)22-10-6-8-20(16-22)19-33/h2-19,34H,1H3. The summed E-state index contributed by atoms with van der Waals surface area (Å²) in [6.45, 7) is 0. The molecule has 1 aliphatic heterocycles. The van der Waals surface area contributed by atoms with Crippen molar-refractivity contribution in [2.24, 2.45) is 0 Å². The normalized spacial score (nSPS) is 11.1. The molecule has 0 fully saturated rings. The molecule has 6 rings (SSSR count). The number of rotatable bonds is 5. The Hall–Kier alpha value is -4.83. The Morgan fingerprint density at radius 1 is 0.722 bits per heavy atom. The number of para-hydroxylation sites is 2. The van der Waals surface area contributed by atoms with Crippen LogP contribution in [0, 0.1) is 0 Å². The van der Waals surface area contributed by atoms with Crippen molar-refractivity contribution in [1.82, 2.24) is 0 Å². The second-order valence-electron chi connectivity index (χ2n) is 8.64. The number of phenolic OH excluding ortho intramolecular Hbond substituents is 1. The van der Waals surface area contributed by atoms with Crippen molar-refractivity contribution >= 4 is 17.3 Å². The van der Waals surface area contributed by atoms with Crippen molar-refractivity contribution in [2.75, 3.05) is 7.11 Å². The molecule has 0 aromatic heterocycles. The molecule has 4 aromatic rings. The smallest absolute Gasteiger partial charge is 0.150 e. The summed E-state index contributed by atoms with van der Waals surface area (Å²) in [6, 6.07) is 32.7. The summed E-state index contributed by atoms with van der Waals surface area (Å²) in [5.74, 6) is 1.61. The molecule has 1 N–H and O–H groups in total. The van der Waals surface area contributed by atoms with Crippen LogP contribution in [-0.4, -0.2) is 18.5 Å². The van der Waals surface area contributed by atoms with Gasteiger partial charge in [0.05, 0.1) is 7.11 Å². The molecular formula is C32H22O4. The summed E-state index contributed by atoms with van der Waals surface area (Å²) in [7, 11) is 1.65. The van der Waals surface area contributed by atoms with Crippen LogP contribution in [0.2, 0.25) is 0 Å². The van der Waals surface area contributed by atoms with Gasteiger partial charge in [-0.25, -0.2) is 0 Å². The molecule has 36 heavy (non-hydrogen) atoms. The molecule has 1 heterocycles. The van der Waals surface area contributed by atoms with Gasteiger partial charge in [0.1, 0.15) is 29.1 Å². The summed E-state index contributed by atoms with van der Waals surface area (Å²) in [4.78, 5) is 11.6. The zero-order valence-electron chi connectivity index (χ0n) is 19.6. The van der Waals surface area contributed by atoms with Crippen molar-refractivity contribution in [3.8, 4) is 56.2 Å². The predicted molar refractivity (Wildman–Crippen MR) is 143 cm³/mol. The van der Waals surface area contributed by atoms with E-state index in [1.54, 1.807) is 19.2 Å². The average molecular weight is 471 g/mol. The fraction of sp³-hybridized carbons (Fsp3) is 0.0312. The maximum atomic E-state index is 11.6. The Balaban J connectivity index is 1.78. The van der Waals surface area contributed by atoms with Crippen LogP contribution in [0.4, 0.5) is 0 Å². The molecule has 0 atom stereocenters. The lowest BCUT2D eigenvalue weighted by Crippen LogP contribution is -1.91. The SMILES string of the molecule is COc1cccc(-c2cc(-c3ccccc3O)c3c4ccccc4oc(-c4cccc(C=O)c4)c2-3)c1. The topological polar surface area (TPSA) is 59.7 Å². The first-order valence-corrected chi connectivity index (χ1v) is 11.6. The number of carbonyl (C=O) groups is 1. The van der Waals surface area contributed by atoms with E-state index in [-0.39, 0.29) is 5.75 Å². The van der Waals surface area contributed by atoms with Gasteiger partial charge in [-0.3, -0.25) is 4.79 Å². The van der Waals surface area contributed by atoms with Crippen molar-refractivity contribution in [3.05, 3.63) is 109 Å². The molecular weight excluding hydrogens is 448 g/mol. The first kappa shape index (κ1) is 21.7. The van der Waals surface area contributed by atoms with E-state index in [9.17, 15) is 9.90 Å². The Morgan fingerprint density at radius 2 is 1.50 bits per heavy atom.